The summed E-state index contributed by atoms with van der Waals surface area (Å²) in [7, 11) is -3.29. The van der Waals surface area contributed by atoms with Crippen LogP contribution < -0.4 is 11.1 Å². The fraction of sp³-hybridized carbons (Fsp3) is 0.364. The highest BCUT2D eigenvalue weighted by Crippen LogP contribution is 2.22. The summed E-state index contributed by atoms with van der Waals surface area (Å²) in [5, 5.41) is 1.36. The second kappa shape index (κ2) is 8.72. The van der Waals surface area contributed by atoms with Crippen LogP contribution in [0.5, 0.6) is 0 Å². The number of sulfone groups is 1. The van der Waals surface area contributed by atoms with E-state index in [9.17, 15) is 18.0 Å². The van der Waals surface area contributed by atoms with Gasteiger partial charge >= 0.3 is 0 Å². The normalized spacial score (nSPS) is 12.2. The minimum absolute atomic E-state index is 0.0628. The van der Waals surface area contributed by atoms with Crippen LogP contribution in [0.15, 0.2) is 50.9 Å². The Bertz CT molecular complexity index is 1470. The zero-order chi connectivity index (χ0) is 22.2. The quantitative estimate of drug-likeness (QED) is 0.353. The zero-order valence-corrected chi connectivity index (χ0v) is 19.9. The van der Waals surface area contributed by atoms with Crippen molar-refractivity contribution in [2.45, 2.75) is 50.6 Å². The van der Waals surface area contributed by atoms with Crippen molar-refractivity contribution in [1.29, 1.82) is 0 Å². The maximum Gasteiger partial charge on any atom is 0.268 e. The Hall–Kier alpha value is -2.23. The number of benzene rings is 2. The minimum Gasteiger partial charge on any atom is -0.268 e. The van der Waals surface area contributed by atoms with Gasteiger partial charge < -0.3 is 0 Å². The van der Waals surface area contributed by atoms with Crippen molar-refractivity contribution in [3.8, 4) is 0 Å². The average molecular weight is 477 g/mol. The van der Waals surface area contributed by atoms with Crippen LogP contribution in [0, 0.1) is 6.92 Å². The van der Waals surface area contributed by atoms with E-state index < -0.39 is 9.84 Å². The maximum absolute atomic E-state index is 12.5. The van der Waals surface area contributed by atoms with Crippen molar-refractivity contribution in [3.05, 3.63) is 62.7 Å². The minimum atomic E-state index is -3.29. The van der Waals surface area contributed by atoms with Crippen LogP contribution in [0.2, 0.25) is 0 Å². The first-order valence-corrected chi connectivity index (χ1v) is 13.6. The third kappa shape index (κ3) is 4.68. The van der Waals surface area contributed by atoms with Gasteiger partial charge in [0.2, 0.25) is 0 Å². The molecule has 2 aromatic heterocycles. The lowest BCUT2D eigenvalue weighted by atomic mass is 10.2. The summed E-state index contributed by atoms with van der Waals surface area (Å²) >= 11 is 2.84. The molecule has 0 radical (unpaired) electrons. The van der Waals surface area contributed by atoms with E-state index in [1.807, 2.05) is 23.0 Å². The van der Waals surface area contributed by atoms with Crippen molar-refractivity contribution < 1.29 is 8.42 Å². The van der Waals surface area contributed by atoms with Crippen LogP contribution in [0.25, 0.3) is 20.2 Å². The summed E-state index contributed by atoms with van der Waals surface area (Å²) in [4.78, 5) is 25.2. The molecule has 31 heavy (non-hydrogen) atoms. The van der Waals surface area contributed by atoms with E-state index in [4.69, 9.17) is 0 Å². The number of hydrogen-bond donors (Lipinski definition) is 0. The second-order valence-electron chi connectivity index (χ2n) is 7.84. The Morgan fingerprint density at radius 3 is 1.84 bits per heavy atom. The molecule has 2 heterocycles. The largest absolute Gasteiger partial charge is 0.268 e. The number of aryl methyl sites for hydroxylation is 3. The zero-order valence-electron chi connectivity index (χ0n) is 17.5. The SMILES string of the molecule is Cc1ccc2c(=O)n(CCCCCCn3sc4cc(S(C)(=O)=O)ccc4c3=O)sc2c1. The van der Waals surface area contributed by atoms with E-state index in [-0.39, 0.29) is 16.0 Å². The van der Waals surface area contributed by atoms with Gasteiger partial charge in [-0.15, -0.1) is 0 Å². The molecule has 0 atom stereocenters. The first-order chi connectivity index (χ1) is 14.7. The predicted octanol–water partition coefficient (Wildman–Crippen LogP) is 4.41. The second-order valence-corrected chi connectivity index (χ2v) is 12.0. The average Bonchev–Trinajstić information content (AvgIpc) is 3.20. The van der Waals surface area contributed by atoms with E-state index >= 15 is 0 Å². The fourth-order valence-electron chi connectivity index (χ4n) is 3.62. The molecule has 0 amide bonds. The van der Waals surface area contributed by atoms with E-state index in [0.717, 1.165) is 41.3 Å². The van der Waals surface area contributed by atoms with Gasteiger partial charge in [0.25, 0.3) is 11.1 Å². The van der Waals surface area contributed by atoms with Gasteiger partial charge in [0.15, 0.2) is 9.84 Å². The van der Waals surface area contributed by atoms with Crippen molar-refractivity contribution >= 4 is 53.1 Å². The first kappa shape index (κ1) is 22.0. The molecule has 0 N–H and O–H groups in total. The van der Waals surface area contributed by atoms with Gasteiger partial charge in [-0.1, -0.05) is 42.0 Å². The Morgan fingerprint density at radius 2 is 1.29 bits per heavy atom. The van der Waals surface area contributed by atoms with Crippen LogP contribution in [0.3, 0.4) is 0 Å². The lowest BCUT2D eigenvalue weighted by Crippen LogP contribution is -2.13. The molecule has 0 unspecified atom stereocenters. The van der Waals surface area contributed by atoms with Gasteiger partial charge in [-0.25, -0.2) is 8.42 Å². The van der Waals surface area contributed by atoms with Crippen molar-refractivity contribution in [2.24, 2.45) is 0 Å². The van der Waals surface area contributed by atoms with Crippen molar-refractivity contribution in [2.75, 3.05) is 6.26 Å². The molecule has 0 spiro atoms. The number of unbranched alkanes of at least 4 members (excludes halogenated alkanes) is 3. The number of nitrogens with zero attached hydrogens (tertiary/aromatic N) is 2. The van der Waals surface area contributed by atoms with Crippen LogP contribution >= 0.6 is 23.1 Å². The summed E-state index contributed by atoms with van der Waals surface area (Å²) in [5.41, 5.74) is 1.18. The van der Waals surface area contributed by atoms with Crippen LogP contribution in [-0.2, 0) is 22.9 Å². The molecular weight excluding hydrogens is 452 g/mol. The molecule has 6 nitrogen and oxygen atoms in total. The van der Waals surface area contributed by atoms with E-state index in [1.165, 1.54) is 35.4 Å². The Morgan fingerprint density at radius 1 is 0.774 bits per heavy atom. The van der Waals surface area contributed by atoms with Crippen LogP contribution in [0.4, 0.5) is 0 Å². The maximum atomic E-state index is 12.5. The molecule has 0 fully saturated rings. The molecule has 2 aromatic carbocycles. The number of fused-ring (bicyclic) bond motifs is 2. The Kier molecular flexibility index (Phi) is 6.18. The Balaban J connectivity index is 1.32. The molecular formula is C22H24N2O4S3. The van der Waals surface area contributed by atoms with Gasteiger partial charge in [-0.3, -0.25) is 17.5 Å². The predicted molar refractivity (Wildman–Crippen MR) is 128 cm³/mol. The number of aromatic nitrogens is 2. The molecule has 0 aliphatic rings. The van der Waals surface area contributed by atoms with E-state index in [2.05, 4.69) is 6.07 Å². The Labute approximate surface area is 188 Å². The van der Waals surface area contributed by atoms with Crippen molar-refractivity contribution in [3.63, 3.8) is 0 Å². The van der Waals surface area contributed by atoms with Gasteiger partial charge in [0.05, 0.1) is 25.1 Å². The molecule has 9 heteroatoms. The summed E-state index contributed by atoms with van der Waals surface area (Å²) < 4.78 is 28.7. The standard InChI is InChI=1S/C22H24N2O4S3/c1-15-7-9-17-19(13-15)29-23(21(17)25)11-5-3-4-6-12-24-22(26)18-10-8-16(31(2,27)28)14-20(18)30-24/h7-10,13-14H,3-6,11-12H2,1-2H3. The molecule has 0 aliphatic carbocycles. The van der Waals surface area contributed by atoms with E-state index in [0.29, 0.717) is 23.2 Å². The summed E-state index contributed by atoms with van der Waals surface area (Å²) in [5.74, 6) is 0. The molecule has 0 aliphatic heterocycles. The van der Waals surface area contributed by atoms with Gasteiger partial charge in [-0.05, 0) is 55.7 Å². The third-order valence-corrected chi connectivity index (χ3v) is 8.64. The number of rotatable bonds is 8. The highest BCUT2D eigenvalue weighted by atomic mass is 32.2. The highest BCUT2D eigenvalue weighted by molar-refractivity contribution is 7.90. The molecule has 4 rings (SSSR count). The monoisotopic (exact) mass is 476 g/mol. The fourth-order valence-corrected chi connectivity index (χ4v) is 6.54. The molecule has 0 bridgehead atoms. The van der Waals surface area contributed by atoms with Gasteiger partial charge in [-0.2, -0.15) is 0 Å². The number of hydrogen-bond acceptors (Lipinski definition) is 6. The topological polar surface area (TPSA) is 78.1 Å². The lowest BCUT2D eigenvalue weighted by molar-refractivity contribution is 0.557. The smallest absolute Gasteiger partial charge is 0.268 e. The molecule has 4 aromatic rings. The lowest BCUT2D eigenvalue weighted by Gasteiger charge is -2.02. The van der Waals surface area contributed by atoms with Crippen LogP contribution in [-0.4, -0.2) is 22.6 Å². The highest BCUT2D eigenvalue weighted by Gasteiger charge is 2.13. The summed E-state index contributed by atoms with van der Waals surface area (Å²) in [6, 6.07) is 10.6. The summed E-state index contributed by atoms with van der Waals surface area (Å²) in [6.07, 6.45) is 4.91. The third-order valence-electron chi connectivity index (χ3n) is 5.32. The van der Waals surface area contributed by atoms with Crippen LogP contribution in [0.1, 0.15) is 31.2 Å². The van der Waals surface area contributed by atoms with Gasteiger partial charge in [0.1, 0.15) is 0 Å². The van der Waals surface area contributed by atoms with Crippen molar-refractivity contribution in [1.82, 2.24) is 7.91 Å². The van der Waals surface area contributed by atoms with Gasteiger partial charge in [0, 0.05) is 19.3 Å². The van der Waals surface area contributed by atoms with E-state index in [1.54, 1.807) is 16.1 Å². The molecule has 164 valence electrons. The molecule has 0 saturated carbocycles. The first-order valence-electron chi connectivity index (χ1n) is 10.2. The summed E-state index contributed by atoms with van der Waals surface area (Å²) in [6.45, 7) is 3.36. The molecule has 0 saturated heterocycles.